The third-order valence-corrected chi connectivity index (χ3v) is 3.79. The van der Waals surface area contributed by atoms with Gasteiger partial charge < -0.3 is 10.3 Å². The molecule has 1 saturated carbocycles. The van der Waals surface area contributed by atoms with Gasteiger partial charge in [-0.3, -0.25) is 0 Å². The van der Waals surface area contributed by atoms with Crippen molar-refractivity contribution in [2.75, 3.05) is 0 Å². The van der Waals surface area contributed by atoms with Crippen LogP contribution in [0.1, 0.15) is 37.1 Å². The zero-order valence-electron chi connectivity index (χ0n) is 10.8. The SMILES string of the molecule is Cc1ccc(F)cc1-c1noc(C2(N)CCCC2)n1. The maximum Gasteiger partial charge on any atom is 0.247 e. The Morgan fingerprint density at radius 3 is 2.79 bits per heavy atom. The van der Waals surface area contributed by atoms with Crippen LogP contribution in [0.25, 0.3) is 11.4 Å². The molecule has 0 aliphatic heterocycles. The van der Waals surface area contributed by atoms with E-state index in [4.69, 9.17) is 10.3 Å². The fraction of sp³-hybridized carbons (Fsp3) is 0.429. The van der Waals surface area contributed by atoms with E-state index in [1.54, 1.807) is 6.07 Å². The molecule has 2 aromatic rings. The van der Waals surface area contributed by atoms with Gasteiger partial charge in [0.15, 0.2) is 0 Å². The van der Waals surface area contributed by atoms with Crippen LogP contribution in [-0.2, 0) is 5.54 Å². The number of hydrogen-bond acceptors (Lipinski definition) is 4. The first kappa shape index (κ1) is 12.3. The van der Waals surface area contributed by atoms with Crippen molar-refractivity contribution in [3.05, 3.63) is 35.5 Å². The van der Waals surface area contributed by atoms with Crippen molar-refractivity contribution in [2.45, 2.75) is 38.1 Å². The Morgan fingerprint density at radius 1 is 1.32 bits per heavy atom. The highest BCUT2D eigenvalue weighted by molar-refractivity contribution is 5.59. The maximum atomic E-state index is 13.3. The zero-order chi connectivity index (χ0) is 13.5. The molecule has 2 N–H and O–H groups in total. The van der Waals surface area contributed by atoms with Crippen molar-refractivity contribution in [2.24, 2.45) is 5.73 Å². The summed E-state index contributed by atoms with van der Waals surface area (Å²) in [6.45, 7) is 1.89. The van der Waals surface area contributed by atoms with Crippen LogP contribution in [0.3, 0.4) is 0 Å². The van der Waals surface area contributed by atoms with Gasteiger partial charge in [0, 0.05) is 5.56 Å². The molecule has 0 unspecified atom stereocenters. The standard InChI is InChI=1S/C14H16FN3O/c1-9-4-5-10(15)8-11(9)12-17-13(19-18-12)14(16)6-2-3-7-14/h4-5,8H,2-3,6-7,16H2,1H3. The van der Waals surface area contributed by atoms with Gasteiger partial charge in [0.05, 0.1) is 5.54 Å². The maximum absolute atomic E-state index is 13.3. The molecule has 0 atom stereocenters. The monoisotopic (exact) mass is 261 g/mol. The first-order chi connectivity index (χ1) is 9.08. The molecule has 1 aromatic heterocycles. The van der Waals surface area contributed by atoms with Crippen molar-refractivity contribution >= 4 is 0 Å². The summed E-state index contributed by atoms with van der Waals surface area (Å²) in [6, 6.07) is 4.54. The van der Waals surface area contributed by atoms with Gasteiger partial charge in [-0.1, -0.05) is 24.1 Å². The van der Waals surface area contributed by atoms with Crippen molar-refractivity contribution in [1.82, 2.24) is 10.1 Å². The van der Waals surface area contributed by atoms with Crippen LogP contribution in [0, 0.1) is 12.7 Å². The molecule has 1 fully saturated rings. The van der Waals surface area contributed by atoms with Gasteiger partial charge in [-0.15, -0.1) is 0 Å². The molecule has 1 aliphatic rings. The van der Waals surface area contributed by atoms with Crippen LogP contribution in [-0.4, -0.2) is 10.1 Å². The number of aryl methyl sites for hydroxylation is 1. The second kappa shape index (κ2) is 4.42. The number of aromatic nitrogens is 2. The van der Waals surface area contributed by atoms with E-state index >= 15 is 0 Å². The van der Waals surface area contributed by atoms with Gasteiger partial charge in [-0.25, -0.2) is 4.39 Å². The van der Waals surface area contributed by atoms with Gasteiger partial charge in [0.2, 0.25) is 11.7 Å². The normalized spacial score (nSPS) is 17.8. The summed E-state index contributed by atoms with van der Waals surface area (Å²) < 4.78 is 18.6. The van der Waals surface area contributed by atoms with Crippen molar-refractivity contribution in [3.8, 4) is 11.4 Å². The van der Waals surface area contributed by atoms with Gasteiger partial charge >= 0.3 is 0 Å². The number of nitrogens with two attached hydrogens (primary N) is 1. The lowest BCUT2D eigenvalue weighted by Crippen LogP contribution is -2.33. The highest BCUT2D eigenvalue weighted by Gasteiger charge is 2.37. The molecule has 1 heterocycles. The van der Waals surface area contributed by atoms with Crippen LogP contribution >= 0.6 is 0 Å². The summed E-state index contributed by atoms with van der Waals surface area (Å²) in [5.41, 5.74) is 7.32. The van der Waals surface area contributed by atoms with E-state index in [2.05, 4.69) is 10.1 Å². The van der Waals surface area contributed by atoms with E-state index < -0.39 is 5.54 Å². The summed E-state index contributed by atoms with van der Waals surface area (Å²) in [6.07, 6.45) is 3.87. The number of benzene rings is 1. The van der Waals surface area contributed by atoms with Crippen LogP contribution in [0.2, 0.25) is 0 Å². The third-order valence-electron chi connectivity index (χ3n) is 3.79. The summed E-state index contributed by atoms with van der Waals surface area (Å²) >= 11 is 0. The molecule has 100 valence electrons. The molecule has 3 rings (SSSR count). The lowest BCUT2D eigenvalue weighted by Gasteiger charge is -2.17. The van der Waals surface area contributed by atoms with Gasteiger partial charge in [-0.05, 0) is 37.5 Å². The summed E-state index contributed by atoms with van der Waals surface area (Å²) in [5.74, 6) is 0.558. The molecule has 0 amide bonds. The van der Waals surface area contributed by atoms with Gasteiger partial charge in [0.1, 0.15) is 5.82 Å². The molecule has 19 heavy (non-hydrogen) atoms. The number of halogens is 1. The Morgan fingerprint density at radius 2 is 2.05 bits per heavy atom. The molecular weight excluding hydrogens is 245 g/mol. The fourth-order valence-electron chi connectivity index (χ4n) is 2.59. The number of hydrogen-bond donors (Lipinski definition) is 1. The average molecular weight is 261 g/mol. The van der Waals surface area contributed by atoms with Crippen LogP contribution in [0.5, 0.6) is 0 Å². The highest BCUT2D eigenvalue weighted by atomic mass is 19.1. The van der Waals surface area contributed by atoms with Gasteiger partial charge in [0.25, 0.3) is 0 Å². The number of rotatable bonds is 2. The summed E-state index contributed by atoms with van der Waals surface area (Å²) in [5, 5.41) is 3.95. The highest BCUT2D eigenvalue weighted by Crippen LogP contribution is 2.36. The average Bonchev–Trinajstić information content (AvgIpc) is 3.02. The Labute approximate surface area is 110 Å². The minimum absolute atomic E-state index is 0.310. The Balaban J connectivity index is 1.99. The Kier molecular flexibility index (Phi) is 2.86. The summed E-state index contributed by atoms with van der Waals surface area (Å²) in [4.78, 5) is 4.37. The lowest BCUT2D eigenvalue weighted by molar-refractivity contribution is 0.285. The minimum Gasteiger partial charge on any atom is -0.337 e. The smallest absolute Gasteiger partial charge is 0.247 e. The van der Waals surface area contributed by atoms with Crippen molar-refractivity contribution in [1.29, 1.82) is 0 Å². The lowest BCUT2D eigenvalue weighted by atomic mass is 9.99. The summed E-state index contributed by atoms with van der Waals surface area (Å²) in [7, 11) is 0. The zero-order valence-corrected chi connectivity index (χ0v) is 10.8. The third kappa shape index (κ3) is 2.14. The minimum atomic E-state index is -0.507. The fourth-order valence-corrected chi connectivity index (χ4v) is 2.59. The molecule has 4 nitrogen and oxygen atoms in total. The van der Waals surface area contributed by atoms with Crippen LogP contribution in [0.4, 0.5) is 4.39 Å². The predicted octanol–water partition coefficient (Wildman–Crippen LogP) is 2.91. The second-order valence-corrected chi connectivity index (χ2v) is 5.25. The molecule has 0 spiro atoms. The molecule has 0 bridgehead atoms. The topological polar surface area (TPSA) is 64.9 Å². The second-order valence-electron chi connectivity index (χ2n) is 5.25. The van der Waals surface area contributed by atoms with Gasteiger partial charge in [-0.2, -0.15) is 4.98 Å². The van der Waals surface area contributed by atoms with E-state index in [-0.39, 0.29) is 5.82 Å². The molecular formula is C14H16FN3O. The largest absolute Gasteiger partial charge is 0.337 e. The van der Waals surface area contributed by atoms with E-state index in [0.717, 1.165) is 31.2 Å². The van der Waals surface area contributed by atoms with Crippen LogP contribution < -0.4 is 5.73 Å². The Bertz CT molecular complexity index is 602. The first-order valence-corrected chi connectivity index (χ1v) is 6.48. The molecule has 0 radical (unpaired) electrons. The molecule has 1 aromatic carbocycles. The van der Waals surface area contributed by atoms with Crippen LogP contribution in [0.15, 0.2) is 22.7 Å². The Hall–Kier alpha value is -1.75. The van der Waals surface area contributed by atoms with E-state index in [9.17, 15) is 4.39 Å². The number of nitrogens with zero attached hydrogens (tertiary/aromatic N) is 2. The van der Waals surface area contributed by atoms with E-state index in [1.807, 2.05) is 6.92 Å². The van der Waals surface area contributed by atoms with E-state index in [0.29, 0.717) is 17.3 Å². The van der Waals surface area contributed by atoms with Crippen molar-refractivity contribution in [3.63, 3.8) is 0 Å². The van der Waals surface area contributed by atoms with E-state index in [1.165, 1.54) is 12.1 Å². The van der Waals surface area contributed by atoms with Crippen molar-refractivity contribution < 1.29 is 8.91 Å². The quantitative estimate of drug-likeness (QED) is 0.902. The molecule has 5 heteroatoms. The molecule has 0 saturated heterocycles. The predicted molar refractivity (Wildman–Crippen MR) is 68.8 cm³/mol. The molecule has 1 aliphatic carbocycles. The first-order valence-electron chi connectivity index (χ1n) is 6.48.